The average Bonchev–Trinajstić information content (AvgIpc) is 2.71. The Kier molecular flexibility index (Phi) is 2.33. The van der Waals surface area contributed by atoms with Gasteiger partial charge in [0.05, 0.1) is 11.0 Å². The minimum Gasteiger partial charge on any atom is -0.324 e. The lowest BCUT2D eigenvalue weighted by Gasteiger charge is -2.04. The Morgan fingerprint density at radius 3 is 2.61 bits per heavy atom. The Balaban J connectivity index is 1.94. The Morgan fingerprint density at radius 2 is 1.83 bits per heavy atom. The van der Waals surface area contributed by atoms with Crippen LogP contribution in [-0.2, 0) is 0 Å². The predicted octanol–water partition coefficient (Wildman–Crippen LogP) is 1.70. The summed E-state index contributed by atoms with van der Waals surface area (Å²) in [4.78, 5) is 24.8. The van der Waals surface area contributed by atoms with Gasteiger partial charge in [0.1, 0.15) is 0 Å². The molecule has 18 heavy (non-hydrogen) atoms. The van der Waals surface area contributed by atoms with E-state index in [-0.39, 0.29) is 5.69 Å². The first-order valence-corrected chi connectivity index (χ1v) is 5.48. The molecule has 90 valence electrons. The van der Waals surface area contributed by atoms with Crippen LogP contribution in [0.2, 0.25) is 0 Å². The molecular formula is C12H11N5O. The highest BCUT2D eigenvalue weighted by atomic mass is 16.1. The van der Waals surface area contributed by atoms with Crippen molar-refractivity contribution in [1.29, 1.82) is 0 Å². The number of benzene rings is 1. The number of aryl methyl sites for hydroxylation is 1. The van der Waals surface area contributed by atoms with E-state index in [0.717, 1.165) is 22.3 Å². The van der Waals surface area contributed by atoms with E-state index in [9.17, 15) is 4.79 Å². The summed E-state index contributed by atoms with van der Waals surface area (Å²) in [5.74, 6) is 0.526. The molecule has 3 aromatic rings. The molecule has 0 aliphatic rings. The van der Waals surface area contributed by atoms with Gasteiger partial charge in [0.25, 0.3) is 0 Å². The maximum absolute atomic E-state index is 11.1. The van der Waals surface area contributed by atoms with Gasteiger partial charge in [-0.1, -0.05) is 0 Å². The van der Waals surface area contributed by atoms with Gasteiger partial charge in [-0.15, -0.1) is 0 Å². The summed E-state index contributed by atoms with van der Waals surface area (Å²) < 4.78 is 0. The number of hydrogen-bond acceptors (Lipinski definition) is 4. The van der Waals surface area contributed by atoms with Gasteiger partial charge in [-0.3, -0.25) is 0 Å². The van der Waals surface area contributed by atoms with Gasteiger partial charge in [0.2, 0.25) is 5.95 Å². The van der Waals surface area contributed by atoms with Crippen molar-refractivity contribution in [3.05, 3.63) is 46.6 Å². The number of nitrogens with one attached hydrogen (secondary N) is 3. The van der Waals surface area contributed by atoms with Crippen molar-refractivity contribution >= 4 is 22.7 Å². The number of imidazole rings is 1. The molecule has 0 saturated carbocycles. The highest BCUT2D eigenvalue weighted by Gasteiger charge is 2.01. The van der Waals surface area contributed by atoms with Crippen LogP contribution < -0.4 is 11.0 Å². The Bertz CT molecular complexity index is 741. The number of aromatic amines is 2. The smallest absolute Gasteiger partial charge is 0.323 e. The molecule has 0 aliphatic carbocycles. The molecule has 0 unspecified atom stereocenters. The summed E-state index contributed by atoms with van der Waals surface area (Å²) in [5, 5.41) is 3.07. The van der Waals surface area contributed by atoms with Crippen LogP contribution in [0.3, 0.4) is 0 Å². The first-order valence-electron chi connectivity index (χ1n) is 5.48. The monoisotopic (exact) mass is 241 g/mol. The fourth-order valence-corrected chi connectivity index (χ4v) is 1.70. The fraction of sp³-hybridized carbons (Fsp3) is 0.0833. The molecule has 0 atom stereocenters. The molecule has 0 fully saturated rings. The van der Waals surface area contributed by atoms with E-state index in [1.165, 1.54) is 0 Å². The second-order valence-electron chi connectivity index (χ2n) is 4.05. The number of anilines is 2. The van der Waals surface area contributed by atoms with Gasteiger partial charge < -0.3 is 15.3 Å². The van der Waals surface area contributed by atoms with Crippen molar-refractivity contribution in [2.45, 2.75) is 6.92 Å². The quantitative estimate of drug-likeness (QED) is 0.637. The lowest BCUT2D eigenvalue weighted by molar-refractivity contribution is 1.13. The van der Waals surface area contributed by atoms with Crippen molar-refractivity contribution in [1.82, 2.24) is 19.9 Å². The van der Waals surface area contributed by atoms with Crippen LogP contribution in [0.25, 0.3) is 11.0 Å². The van der Waals surface area contributed by atoms with Crippen LogP contribution in [0.1, 0.15) is 5.56 Å². The summed E-state index contributed by atoms with van der Waals surface area (Å²) in [6.07, 6.45) is 3.48. The third-order valence-electron chi connectivity index (χ3n) is 2.55. The normalized spacial score (nSPS) is 10.7. The lowest BCUT2D eigenvalue weighted by atomic mass is 10.3. The Labute approximate surface area is 102 Å². The van der Waals surface area contributed by atoms with E-state index in [1.807, 2.05) is 25.1 Å². The van der Waals surface area contributed by atoms with Gasteiger partial charge in [-0.05, 0) is 30.7 Å². The Hall–Kier alpha value is -2.63. The minimum atomic E-state index is -0.214. The third kappa shape index (κ3) is 1.95. The zero-order valence-corrected chi connectivity index (χ0v) is 9.69. The molecule has 0 radical (unpaired) electrons. The van der Waals surface area contributed by atoms with E-state index < -0.39 is 0 Å². The van der Waals surface area contributed by atoms with Gasteiger partial charge in [0.15, 0.2) is 0 Å². The van der Waals surface area contributed by atoms with Crippen LogP contribution in [0.15, 0.2) is 35.4 Å². The van der Waals surface area contributed by atoms with E-state index in [4.69, 9.17) is 0 Å². The number of H-pyrrole nitrogens is 2. The summed E-state index contributed by atoms with van der Waals surface area (Å²) in [7, 11) is 0. The zero-order chi connectivity index (χ0) is 12.5. The second kappa shape index (κ2) is 3.99. The van der Waals surface area contributed by atoms with Crippen molar-refractivity contribution in [2.24, 2.45) is 0 Å². The molecule has 0 saturated heterocycles. The zero-order valence-electron chi connectivity index (χ0n) is 9.69. The van der Waals surface area contributed by atoms with Crippen molar-refractivity contribution in [3.63, 3.8) is 0 Å². The first kappa shape index (κ1) is 10.5. The van der Waals surface area contributed by atoms with E-state index in [1.54, 1.807) is 12.4 Å². The maximum atomic E-state index is 11.1. The number of fused-ring (bicyclic) bond motifs is 1. The molecule has 1 aromatic carbocycles. The minimum absolute atomic E-state index is 0.214. The average molecular weight is 241 g/mol. The number of aromatic nitrogens is 4. The Morgan fingerprint density at radius 1 is 1.11 bits per heavy atom. The molecule has 6 nitrogen and oxygen atoms in total. The van der Waals surface area contributed by atoms with Crippen molar-refractivity contribution < 1.29 is 0 Å². The molecule has 0 spiro atoms. The molecule has 0 bridgehead atoms. The fourth-order valence-electron chi connectivity index (χ4n) is 1.70. The molecule has 0 aliphatic heterocycles. The summed E-state index contributed by atoms with van der Waals surface area (Å²) in [5.41, 5.74) is 3.13. The first-order chi connectivity index (χ1) is 8.70. The van der Waals surface area contributed by atoms with Gasteiger partial charge in [-0.2, -0.15) is 0 Å². The molecule has 2 heterocycles. The van der Waals surface area contributed by atoms with Crippen LogP contribution in [0, 0.1) is 6.92 Å². The largest absolute Gasteiger partial charge is 0.324 e. The highest BCUT2D eigenvalue weighted by molar-refractivity contribution is 5.79. The SMILES string of the molecule is Cc1cnc(Nc2ccc3[nH]c(=O)[nH]c3c2)nc1. The second-order valence-corrected chi connectivity index (χ2v) is 4.05. The van der Waals surface area contributed by atoms with Crippen LogP contribution >= 0.6 is 0 Å². The van der Waals surface area contributed by atoms with Crippen LogP contribution in [0.4, 0.5) is 11.6 Å². The number of rotatable bonds is 2. The van der Waals surface area contributed by atoms with Crippen molar-refractivity contribution in [2.75, 3.05) is 5.32 Å². The number of hydrogen-bond donors (Lipinski definition) is 3. The van der Waals surface area contributed by atoms with Crippen LogP contribution in [-0.4, -0.2) is 19.9 Å². The number of nitrogens with zero attached hydrogens (tertiary/aromatic N) is 2. The van der Waals surface area contributed by atoms with Crippen molar-refractivity contribution in [3.8, 4) is 0 Å². The van der Waals surface area contributed by atoms with Gasteiger partial charge in [0, 0.05) is 18.1 Å². The standard InChI is InChI=1S/C12H11N5O/c1-7-5-13-11(14-6-7)15-8-2-3-9-10(4-8)17-12(18)16-9/h2-6H,1H3,(H,13,14,15)(H2,16,17,18). The highest BCUT2D eigenvalue weighted by Crippen LogP contribution is 2.17. The topological polar surface area (TPSA) is 86.5 Å². The summed E-state index contributed by atoms with van der Waals surface area (Å²) in [6.45, 7) is 1.93. The third-order valence-corrected chi connectivity index (χ3v) is 2.55. The van der Waals surface area contributed by atoms with E-state index in [2.05, 4.69) is 25.3 Å². The lowest BCUT2D eigenvalue weighted by Crippen LogP contribution is -1.99. The molecule has 0 amide bonds. The van der Waals surface area contributed by atoms with Gasteiger partial charge >= 0.3 is 5.69 Å². The summed E-state index contributed by atoms with van der Waals surface area (Å²) >= 11 is 0. The molecule has 2 aromatic heterocycles. The van der Waals surface area contributed by atoms with E-state index in [0.29, 0.717) is 5.95 Å². The maximum Gasteiger partial charge on any atom is 0.323 e. The summed E-state index contributed by atoms with van der Waals surface area (Å²) in [6, 6.07) is 5.51. The van der Waals surface area contributed by atoms with Crippen LogP contribution in [0.5, 0.6) is 0 Å². The van der Waals surface area contributed by atoms with Gasteiger partial charge in [-0.25, -0.2) is 14.8 Å². The molecule has 6 heteroatoms. The molecule has 3 N–H and O–H groups in total. The van der Waals surface area contributed by atoms with E-state index >= 15 is 0 Å². The molecule has 3 rings (SSSR count). The predicted molar refractivity (Wildman–Crippen MR) is 69.0 cm³/mol. The molecular weight excluding hydrogens is 230 g/mol.